The van der Waals surface area contributed by atoms with Gasteiger partial charge >= 0.3 is 0 Å². The van der Waals surface area contributed by atoms with Crippen molar-refractivity contribution in [3.05, 3.63) is 53.1 Å². The average molecular weight is 320 g/mol. The first-order valence-corrected chi connectivity index (χ1v) is 8.04. The molecule has 1 atom stereocenters. The number of imidazole rings is 1. The highest BCUT2D eigenvalue weighted by Gasteiger charge is 2.44. The summed E-state index contributed by atoms with van der Waals surface area (Å²) in [7, 11) is 4.05. The molecule has 4 nitrogen and oxygen atoms in total. The van der Waals surface area contributed by atoms with E-state index >= 15 is 0 Å². The summed E-state index contributed by atoms with van der Waals surface area (Å²) in [6, 6.07) is 7.49. The number of nitrogens with zero attached hydrogens (tertiary/aromatic N) is 3. The van der Waals surface area contributed by atoms with Crippen molar-refractivity contribution in [3.63, 3.8) is 0 Å². The zero-order chi connectivity index (χ0) is 15.7. The van der Waals surface area contributed by atoms with Crippen LogP contribution in [0.15, 0.2) is 36.7 Å². The maximum absolute atomic E-state index is 11.7. The Morgan fingerprint density at radius 1 is 1.18 bits per heavy atom. The Bertz CT molecular complexity index is 632. The van der Waals surface area contributed by atoms with E-state index in [1.54, 1.807) is 6.20 Å². The Morgan fingerprint density at radius 2 is 1.82 bits per heavy atom. The first-order valence-electron chi connectivity index (χ1n) is 7.66. The van der Waals surface area contributed by atoms with Gasteiger partial charge in [-0.3, -0.25) is 0 Å². The first kappa shape index (κ1) is 15.5. The fourth-order valence-electron chi connectivity index (χ4n) is 3.41. The lowest BCUT2D eigenvalue weighted by Crippen LogP contribution is -2.44. The fraction of sp³-hybridized carbons (Fsp3) is 0.471. The van der Waals surface area contributed by atoms with Gasteiger partial charge in [-0.15, -0.1) is 0 Å². The van der Waals surface area contributed by atoms with Crippen LogP contribution in [0.2, 0.25) is 5.02 Å². The minimum absolute atomic E-state index is 0.144. The number of piperidine rings is 1. The van der Waals surface area contributed by atoms with Crippen LogP contribution in [0.1, 0.15) is 24.2 Å². The molecule has 1 fully saturated rings. The molecule has 1 unspecified atom stereocenters. The number of aromatic nitrogens is 2. The Hall–Kier alpha value is -1.36. The molecule has 22 heavy (non-hydrogen) atoms. The average Bonchev–Trinajstić information content (AvgIpc) is 2.94. The lowest BCUT2D eigenvalue weighted by atomic mass is 9.75. The van der Waals surface area contributed by atoms with Gasteiger partial charge in [-0.2, -0.15) is 0 Å². The van der Waals surface area contributed by atoms with E-state index < -0.39 is 5.60 Å². The predicted molar refractivity (Wildman–Crippen MR) is 87.9 cm³/mol. The molecule has 5 heteroatoms. The van der Waals surface area contributed by atoms with Gasteiger partial charge in [0.1, 0.15) is 11.4 Å². The molecule has 2 heterocycles. The smallest absolute Gasteiger partial charge is 0.150 e. The number of rotatable bonds is 3. The molecule has 1 aromatic heterocycles. The van der Waals surface area contributed by atoms with Crippen LogP contribution in [0.5, 0.6) is 0 Å². The summed E-state index contributed by atoms with van der Waals surface area (Å²) < 4.78 is 1.91. The zero-order valence-corrected chi connectivity index (χ0v) is 13.8. The Kier molecular flexibility index (Phi) is 4.26. The molecule has 1 saturated heterocycles. The van der Waals surface area contributed by atoms with Crippen LogP contribution in [-0.2, 0) is 12.6 Å². The molecule has 1 aromatic carbocycles. The molecule has 1 aliphatic rings. The summed E-state index contributed by atoms with van der Waals surface area (Å²) in [6.45, 7) is 1.98. The van der Waals surface area contributed by atoms with Crippen molar-refractivity contribution in [3.8, 4) is 0 Å². The highest BCUT2D eigenvalue weighted by Crippen LogP contribution is 2.41. The molecule has 0 amide bonds. The van der Waals surface area contributed by atoms with Crippen LogP contribution < -0.4 is 0 Å². The molecule has 3 rings (SSSR count). The summed E-state index contributed by atoms with van der Waals surface area (Å²) in [5, 5.41) is 12.4. The number of likely N-dealkylation sites (tertiary alicyclic amines) is 1. The second-order valence-corrected chi connectivity index (χ2v) is 6.65. The quantitative estimate of drug-likeness (QED) is 0.945. The van der Waals surface area contributed by atoms with Crippen molar-refractivity contribution in [1.82, 2.24) is 14.5 Å². The summed E-state index contributed by atoms with van der Waals surface area (Å²) >= 11 is 6.01. The third kappa shape index (κ3) is 2.67. The largest absolute Gasteiger partial charge is 0.377 e. The van der Waals surface area contributed by atoms with Gasteiger partial charge in [0.15, 0.2) is 0 Å². The summed E-state index contributed by atoms with van der Waals surface area (Å²) in [5.41, 5.74) is -0.217. The SMILES string of the molecule is CN1CCC(C(O)(c2ccc(Cl)cc2)c2nccn2C)CC1. The van der Waals surface area contributed by atoms with Crippen LogP contribution in [0.4, 0.5) is 0 Å². The van der Waals surface area contributed by atoms with E-state index in [-0.39, 0.29) is 5.92 Å². The minimum Gasteiger partial charge on any atom is -0.377 e. The molecule has 0 saturated carbocycles. The van der Waals surface area contributed by atoms with Crippen molar-refractivity contribution >= 4 is 11.6 Å². The molecule has 1 aliphatic heterocycles. The minimum atomic E-state index is -1.08. The Labute approximate surface area is 136 Å². The first-order chi connectivity index (χ1) is 10.5. The van der Waals surface area contributed by atoms with Gasteiger partial charge in [0.2, 0.25) is 0 Å². The van der Waals surface area contributed by atoms with E-state index in [1.807, 2.05) is 42.1 Å². The zero-order valence-electron chi connectivity index (χ0n) is 13.0. The molecular weight excluding hydrogens is 298 g/mol. The predicted octanol–water partition coefficient (Wildman–Crippen LogP) is 2.65. The second-order valence-electron chi connectivity index (χ2n) is 6.21. The van der Waals surface area contributed by atoms with Gasteiger partial charge in [0.05, 0.1) is 0 Å². The molecular formula is C17H22ClN3O. The molecule has 2 aromatic rings. The number of aryl methyl sites for hydroxylation is 1. The molecule has 0 radical (unpaired) electrons. The van der Waals surface area contributed by atoms with Crippen LogP contribution in [-0.4, -0.2) is 39.7 Å². The molecule has 0 bridgehead atoms. The lowest BCUT2D eigenvalue weighted by molar-refractivity contribution is -0.0199. The Balaban J connectivity index is 2.06. The fourth-order valence-corrected chi connectivity index (χ4v) is 3.54. The van der Waals surface area contributed by atoms with Crippen LogP contribution >= 0.6 is 11.6 Å². The van der Waals surface area contributed by atoms with Gasteiger partial charge in [-0.1, -0.05) is 23.7 Å². The van der Waals surface area contributed by atoms with Crippen molar-refractivity contribution in [2.24, 2.45) is 13.0 Å². The standard InChI is InChI=1S/C17H22ClN3O/c1-20-10-7-14(8-11-20)17(22,16-19-9-12-21(16)2)13-3-5-15(18)6-4-13/h3-6,9,12,14,22H,7-8,10-11H2,1-2H3. The number of hydrogen-bond acceptors (Lipinski definition) is 3. The third-order valence-electron chi connectivity index (χ3n) is 4.76. The van der Waals surface area contributed by atoms with Crippen LogP contribution in [0.3, 0.4) is 0 Å². The van der Waals surface area contributed by atoms with Gasteiger partial charge in [-0.25, -0.2) is 4.98 Å². The van der Waals surface area contributed by atoms with Crippen molar-refractivity contribution < 1.29 is 5.11 Å². The monoisotopic (exact) mass is 319 g/mol. The number of aliphatic hydroxyl groups is 1. The van der Waals surface area contributed by atoms with Crippen molar-refractivity contribution in [2.75, 3.05) is 20.1 Å². The third-order valence-corrected chi connectivity index (χ3v) is 5.01. The topological polar surface area (TPSA) is 41.3 Å². The summed E-state index contributed by atoms with van der Waals surface area (Å²) in [4.78, 5) is 6.75. The van der Waals surface area contributed by atoms with Gasteiger partial charge in [-0.05, 0) is 50.7 Å². The van der Waals surface area contributed by atoms with Crippen molar-refractivity contribution in [2.45, 2.75) is 18.4 Å². The van der Waals surface area contributed by atoms with Crippen LogP contribution in [0, 0.1) is 5.92 Å². The van der Waals surface area contributed by atoms with E-state index in [0.717, 1.165) is 31.5 Å². The number of benzene rings is 1. The lowest BCUT2D eigenvalue weighted by Gasteiger charge is -2.40. The van der Waals surface area contributed by atoms with E-state index in [1.165, 1.54) is 0 Å². The normalized spacial score (nSPS) is 20.0. The molecule has 0 aliphatic carbocycles. The molecule has 118 valence electrons. The van der Waals surface area contributed by atoms with E-state index in [2.05, 4.69) is 16.9 Å². The van der Waals surface area contributed by atoms with Crippen molar-refractivity contribution in [1.29, 1.82) is 0 Å². The maximum atomic E-state index is 11.7. The van der Waals surface area contributed by atoms with Gasteiger partial charge in [0, 0.05) is 30.4 Å². The second kappa shape index (κ2) is 6.03. The molecule has 0 spiro atoms. The number of halogens is 1. The van der Waals surface area contributed by atoms with E-state index in [9.17, 15) is 5.11 Å². The number of hydrogen-bond donors (Lipinski definition) is 1. The highest BCUT2D eigenvalue weighted by atomic mass is 35.5. The van der Waals surface area contributed by atoms with Crippen LogP contribution in [0.25, 0.3) is 0 Å². The van der Waals surface area contributed by atoms with Gasteiger partial charge < -0.3 is 14.6 Å². The molecule has 1 N–H and O–H groups in total. The Morgan fingerprint density at radius 3 is 2.36 bits per heavy atom. The summed E-state index contributed by atoms with van der Waals surface area (Å²) in [5.74, 6) is 0.843. The maximum Gasteiger partial charge on any atom is 0.150 e. The highest BCUT2D eigenvalue weighted by molar-refractivity contribution is 6.30. The van der Waals surface area contributed by atoms with E-state index in [0.29, 0.717) is 10.8 Å². The van der Waals surface area contributed by atoms with Gasteiger partial charge in [0.25, 0.3) is 0 Å². The van der Waals surface area contributed by atoms with E-state index in [4.69, 9.17) is 11.6 Å². The summed E-state index contributed by atoms with van der Waals surface area (Å²) in [6.07, 6.45) is 5.52.